The topological polar surface area (TPSA) is 46.5 Å². The van der Waals surface area contributed by atoms with Crippen LogP contribution in [0.15, 0.2) is 18.2 Å². The number of hydrogen-bond acceptors (Lipinski definition) is 2. The number of methoxy groups -OCH3 is 1. The summed E-state index contributed by atoms with van der Waals surface area (Å²) in [5.74, 6) is -1.05. The van der Waals surface area contributed by atoms with E-state index in [0.717, 1.165) is 6.07 Å². The Balaban J connectivity index is 3.24. The summed E-state index contributed by atoms with van der Waals surface area (Å²) in [6.07, 6.45) is -4.75. The summed E-state index contributed by atoms with van der Waals surface area (Å²) in [7, 11) is 1.27. The molecule has 0 bridgehead atoms. The van der Waals surface area contributed by atoms with E-state index in [2.05, 4.69) is 0 Å². The van der Waals surface area contributed by atoms with Crippen molar-refractivity contribution < 1.29 is 27.8 Å². The van der Waals surface area contributed by atoms with E-state index in [9.17, 15) is 18.0 Å². The number of halogens is 3. The second-order valence-electron chi connectivity index (χ2n) is 4.89. The third-order valence-corrected chi connectivity index (χ3v) is 2.83. The number of carboxylic acids is 1. The number of aliphatic carboxylic acids is 1. The molecule has 106 valence electrons. The van der Waals surface area contributed by atoms with Crippen molar-refractivity contribution in [2.75, 3.05) is 7.11 Å². The van der Waals surface area contributed by atoms with E-state index in [1.165, 1.54) is 33.1 Å². The number of benzene rings is 1. The van der Waals surface area contributed by atoms with Crippen LogP contribution in [0.4, 0.5) is 13.2 Å². The summed E-state index contributed by atoms with van der Waals surface area (Å²) in [6, 6.07) is 3.53. The maximum Gasteiger partial charge on any atom is 0.416 e. The molecule has 0 radical (unpaired) electrons. The minimum absolute atomic E-state index is 0.0549. The van der Waals surface area contributed by atoms with E-state index in [-0.39, 0.29) is 17.7 Å². The Kier molecular flexibility index (Phi) is 4.12. The molecule has 0 aliphatic heterocycles. The van der Waals surface area contributed by atoms with Crippen molar-refractivity contribution in [2.45, 2.75) is 26.4 Å². The van der Waals surface area contributed by atoms with Crippen molar-refractivity contribution in [3.05, 3.63) is 29.3 Å². The van der Waals surface area contributed by atoms with E-state index < -0.39 is 23.1 Å². The molecule has 0 unspecified atom stereocenters. The molecule has 0 aromatic heterocycles. The van der Waals surface area contributed by atoms with Crippen molar-refractivity contribution in [2.24, 2.45) is 5.41 Å². The van der Waals surface area contributed by atoms with Gasteiger partial charge in [0.1, 0.15) is 5.75 Å². The standard InChI is InChI=1S/C13H15F3O3/c1-12(2,11(17)18)7-8-4-5-9(19-3)6-10(8)13(14,15)16/h4-6H,7H2,1-3H3,(H,17,18). The van der Waals surface area contributed by atoms with Crippen LogP contribution in [0.3, 0.4) is 0 Å². The molecular weight excluding hydrogens is 261 g/mol. The number of carboxylic acid groups (broad SMARTS) is 1. The van der Waals surface area contributed by atoms with Crippen LogP contribution in [0.1, 0.15) is 25.0 Å². The predicted molar refractivity (Wildman–Crippen MR) is 63.1 cm³/mol. The highest BCUT2D eigenvalue weighted by atomic mass is 19.4. The van der Waals surface area contributed by atoms with Gasteiger partial charge in [-0.25, -0.2) is 0 Å². The first-order valence-electron chi connectivity index (χ1n) is 5.55. The molecule has 0 atom stereocenters. The SMILES string of the molecule is COc1ccc(CC(C)(C)C(=O)O)c(C(F)(F)F)c1. The summed E-state index contributed by atoms with van der Waals surface area (Å²) in [4.78, 5) is 11.0. The van der Waals surface area contributed by atoms with Gasteiger partial charge in [0, 0.05) is 0 Å². The lowest BCUT2D eigenvalue weighted by molar-refractivity contribution is -0.148. The summed E-state index contributed by atoms with van der Waals surface area (Å²) >= 11 is 0. The van der Waals surface area contributed by atoms with Gasteiger partial charge in [0.25, 0.3) is 0 Å². The first-order valence-corrected chi connectivity index (χ1v) is 5.55. The normalized spacial score (nSPS) is 12.3. The molecule has 0 fully saturated rings. The number of hydrogen-bond donors (Lipinski definition) is 1. The van der Waals surface area contributed by atoms with Gasteiger partial charge in [0.2, 0.25) is 0 Å². The Bertz CT molecular complexity index is 479. The Morgan fingerprint density at radius 3 is 2.32 bits per heavy atom. The largest absolute Gasteiger partial charge is 0.497 e. The molecule has 1 aromatic carbocycles. The maximum absolute atomic E-state index is 12.9. The van der Waals surface area contributed by atoms with Crippen LogP contribution in [0, 0.1) is 5.41 Å². The molecule has 0 spiro atoms. The van der Waals surface area contributed by atoms with Gasteiger partial charge in [-0.15, -0.1) is 0 Å². The zero-order chi connectivity index (χ0) is 14.8. The number of ether oxygens (including phenoxy) is 1. The van der Waals surface area contributed by atoms with Gasteiger partial charge in [-0.2, -0.15) is 13.2 Å². The molecule has 3 nitrogen and oxygen atoms in total. The van der Waals surface area contributed by atoms with Crippen LogP contribution in [0.5, 0.6) is 5.75 Å². The highest BCUT2D eigenvalue weighted by Gasteiger charge is 2.37. The third kappa shape index (κ3) is 3.62. The van der Waals surface area contributed by atoms with Crippen LogP contribution in [0.25, 0.3) is 0 Å². The third-order valence-electron chi connectivity index (χ3n) is 2.83. The lowest BCUT2D eigenvalue weighted by atomic mass is 9.84. The molecule has 6 heteroatoms. The highest BCUT2D eigenvalue weighted by Crippen LogP contribution is 2.37. The second-order valence-corrected chi connectivity index (χ2v) is 4.89. The quantitative estimate of drug-likeness (QED) is 0.917. The molecule has 0 amide bonds. The van der Waals surface area contributed by atoms with Crippen molar-refractivity contribution in [3.8, 4) is 5.75 Å². The minimum atomic E-state index is -4.54. The summed E-state index contributed by atoms with van der Waals surface area (Å²) in [5, 5.41) is 8.99. The van der Waals surface area contributed by atoms with Crippen molar-refractivity contribution in [1.29, 1.82) is 0 Å². The highest BCUT2D eigenvalue weighted by molar-refractivity contribution is 5.74. The molecule has 0 saturated carbocycles. The summed E-state index contributed by atoms with van der Waals surface area (Å²) in [5.41, 5.74) is -2.18. The fourth-order valence-electron chi connectivity index (χ4n) is 1.65. The number of carbonyl (C=O) groups is 1. The summed E-state index contributed by atoms with van der Waals surface area (Å²) in [6.45, 7) is 2.78. The van der Waals surface area contributed by atoms with Crippen LogP contribution in [0.2, 0.25) is 0 Å². The van der Waals surface area contributed by atoms with Crippen LogP contribution in [-0.4, -0.2) is 18.2 Å². The van der Waals surface area contributed by atoms with Gasteiger partial charge in [-0.3, -0.25) is 4.79 Å². The molecule has 0 aliphatic rings. The Morgan fingerprint density at radius 2 is 1.89 bits per heavy atom. The Hall–Kier alpha value is -1.72. The van der Waals surface area contributed by atoms with E-state index in [0.29, 0.717) is 0 Å². The molecule has 0 saturated heterocycles. The molecule has 1 aromatic rings. The van der Waals surface area contributed by atoms with Gasteiger partial charge in [-0.1, -0.05) is 6.07 Å². The van der Waals surface area contributed by atoms with Gasteiger partial charge in [0.15, 0.2) is 0 Å². The van der Waals surface area contributed by atoms with E-state index >= 15 is 0 Å². The Labute approximate surface area is 109 Å². The predicted octanol–water partition coefficient (Wildman–Crippen LogP) is 3.37. The summed E-state index contributed by atoms with van der Waals surface area (Å²) < 4.78 is 43.6. The smallest absolute Gasteiger partial charge is 0.416 e. The Morgan fingerprint density at radius 1 is 1.32 bits per heavy atom. The molecule has 0 aliphatic carbocycles. The number of alkyl halides is 3. The lowest BCUT2D eigenvalue weighted by Crippen LogP contribution is -2.27. The average molecular weight is 276 g/mol. The van der Waals surface area contributed by atoms with Gasteiger partial charge >= 0.3 is 12.1 Å². The van der Waals surface area contributed by atoms with Gasteiger partial charge in [-0.05, 0) is 38.0 Å². The van der Waals surface area contributed by atoms with E-state index in [1.807, 2.05) is 0 Å². The molecule has 19 heavy (non-hydrogen) atoms. The lowest BCUT2D eigenvalue weighted by Gasteiger charge is -2.22. The first kappa shape index (κ1) is 15.3. The molecule has 0 heterocycles. The second kappa shape index (κ2) is 5.11. The molecule has 1 N–H and O–H groups in total. The van der Waals surface area contributed by atoms with E-state index in [4.69, 9.17) is 9.84 Å². The zero-order valence-electron chi connectivity index (χ0n) is 10.8. The fourth-order valence-corrected chi connectivity index (χ4v) is 1.65. The van der Waals surface area contributed by atoms with Crippen molar-refractivity contribution in [1.82, 2.24) is 0 Å². The zero-order valence-corrected chi connectivity index (χ0v) is 10.8. The van der Waals surface area contributed by atoms with Crippen molar-refractivity contribution >= 4 is 5.97 Å². The van der Waals surface area contributed by atoms with E-state index in [1.54, 1.807) is 0 Å². The molecule has 1 rings (SSSR count). The van der Waals surface area contributed by atoms with Gasteiger partial charge in [0.05, 0.1) is 18.1 Å². The van der Waals surface area contributed by atoms with Crippen LogP contribution < -0.4 is 4.74 Å². The average Bonchev–Trinajstić information content (AvgIpc) is 2.27. The first-order chi connectivity index (χ1) is 8.58. The fraction of sp³-hybridized carbons (Fsp3) is 0.462. The van der Waals surface area contributed by atoms with Crippen LogP contribution in [-0.2, 0) is 17.4 Å². The van der Waals surface area contributed by atoms with Gasteiger partial charge < -0.3 is 9.84 Å². The monoisotopic (exact) mass is 276 g/mol. The van der Waals surface area contributed by atoms with Crippen molar-refractivity contribution in [3.63, 3.8) is 0 Å². The minimum Gasteiger partial charge on any atom is -0.497 e. The number of rotatable bonds is 4. The molecular formula is C13H15F3O3. The maximum atomic E-state index is 12.9. The van der Waals surface area contributed by atoms with Crippen LogP contribution >= 0.6 is 0 Å².